The Morgan fingerprint density at radius 1 is 1.38 bits per heavy atom. The second kappa shape index (κ2) is 7.99. The second-order valence-corrected chi connectivity index (χ2v) is 7.22. The molecule has 0 saturated carbocycles. The molecule has 21 heavy (non-hydrogen) atoms. The molecule has 0 aromatic carbocycles. The minimum absolute atomic E-state index is 0.185. The fourth-order valence-corrected chi connectivity index (χ4v) is 2.71. The van der Waals surface area contributed by atoms with Crippen LogP contribution in [0.4, 0.5) is 4.79 Å². The summed E-state index contributed by atoms with van der Waals surface area (Å²) in [6, 6.07) is 0.428. The third-order valence-electron chi connectivity index (χ3n) is 3.65. The highest BCUT2D eigenvalue weighted by molar-refractivity contribution is 5.68. The van der Waals surface area contributed by atoms with Crippen LogP contribution in [0.5, 0.6) is 0 Å². The van der Waals surface area contributed by atoms with Crippen molar-refractivity contribution in [2.75, 3.05) is 13.1 Å². The second-order valence-electron chi connectivity index (χ2n) is 7.22. The van der Waals surface area contributed by atoms with Crippen molar-refractivity contribution >= 4 is 6.09 Å². The summed E-state index contributed by atoms with van der Waals surface area (Å²) in [5.74, 6) is 0. The molecule has 0 bridgehead atoms. The number of hydrogen-bond acceptors (Lipinski definition) is 4. The molecule has 5 heteroatoms. The van der Waals surface area contributed by atoms with E-state index in [0.29, 0.717) is 0 Å². The van der Waals surface area contributed by atoms with Crippen LogP contribution in [0.3, 0.4) is 0 Å². The van der Waals surface area contributed by atoms with Gasteiger partial charge in [-0.1, -0.05) is 0 Å². The van der Waals surface area contributed by atoms with E-state index in [0.717, 1.165) is 38.8 Å². The molecular formula is C16H32N2O3. The molecule has 0 aliphatic carbocycles. The maximum Gasteiger partial charge on any atom is 0.410 e. The smallest absolute Gasteiger partial charge is 0.410 e. The molecule has 1 aliphatic heterocycles. The number of carbonyl (C=O) groups is 1. The number of hydrogen-bond donors (Lipinski definition) is 2. The number of aliphatic hydroxyl groups is 1. The number of nitrogens with zero attached hydrogens (tertiary/aromatic N) is 1. The van der Waals surface area contributed by atoms with Crippen molar-refractivity contribution in [1.29, 1.82) is 0 Å². The molecule has 3 atom stereocenters. The molecule has 0 radical (unpaired) electrons. The minimum Gasteiger partial charge on any atom is -0.444 e. The van der Waals surface area contributed by atoms with E-state index in [1.54, 1.807) is 6.92 Å². The zero-order valence-corrected chi connectivity index (χ0v) is 14.2. The van der Waals surface area contributed by atoms with Crippen LogP contribution < -0.4 is 5.32 Å². The molecule has 1 saturated heterocycles. The number of amides is 1. The standard InChI is InChI=1S/C16H32N2O3/c1-12(10-13(2)19)17-11-14-8-6-7-9-18(14)15(20)21-16(3,4)5/h12-14,17,19H,6-11H2,1-5H3. The van der Waals surface area contributed by atoms with Gasteiger partial charge in [0.15, 0.2) is 0 Å². The van der Waals surface area contributed by atoms with Crippen molar-refractivity contribution in [1.82, 2.24) is 10.2 Å². The average molecular weight is 300 g/mol. The van der Waals surface area contributed by atoms with Crippen LogP contribution in [-0.2, 0) is 4.74 Å². The van der Waals surface area contributed by atoms with E-state index in [2.05, 4.69) is 12.2 Å². The van der Waals surface area contributed by atoms with Crippen molar-refractivity contribution in [3.8, 4) is 0 Å². The number of likely N-dealkylation sites (tertiary alicyclic amines) is 1. The van der Waals surface area contributed by atoms with Crippen molar-refractivity contribution in [2.45, 2.75) is 84.1 Å². The Balaban J connectivity index is 2.51. The number of nitrogens with one attached hydrogen (secondary N) is 1. The van der Waals surface area contributed by atoms with E-state index in [9.17, 15) is 9.90 Å². The van der Waals surface area contributed by atoms with E-state index in [4.69, 9.17) is 4.74 Å². The minimum atomic E-state index is -0.452. The third kappa shape index (κ3) is 7.14. The zero-order valence-electron chi connectivity index (χ0n) is 14.2. The Kier molecular flexibility index (Phi) is 6.94. The van der Waals surface area contributed by atoms with Gasteiger partial charge in [-0.3, -0.25) is 0 Å². The van der Waals surface area contributed by atoms with Crippen molar-refractivity contribution in [2.24, 2.45) is 0 Å². The molecular weight excluding hydrogens is 268 g/mol. The number of ether oxygens (including phenoxy) is 1. The Labute approximate surface area is 129 Å². The van der Waals surface area contributed by atoms with Crippen LogP contribution in [0.15, 0.2) is 0 Å². The van der Waals surface area contributed by atoms with E-state index < -0.39 is 5.60 Å². The molecule has 3 unspecified atom stereocenters. The Bertz CT molecular complexity index is 326. The lowest BCUT2D eigenvalue weighted by molar-refractivity contribution is 0.00949. The van der Waals surface area contributed by atoms with E-state index >= 15 is 0 Å². The first-order valence-electron chi connectivity index (χ1n) is 8.10. The lowest BCUT2D eigenvalue weighted by Gasteiger charge is -2.37. The highest BCUT2D eigenvalue weighted by atomic mass is 16.6. The fraction of sp³-hybridized carbons (Fsp3) is 0.938. The van der Waals surface area contributed by atoms with Crippen molar-refractivity contribution < 1.29 is 14.6 Å². The van der Waals surface area contributed by atoms with Crippen LogP contribution in [0.2, 0.25) is 0 Å². The molecule has 0 aromatic rings. The maximum atomic E-state index is 12.3. The molecule has 1 aliphatic rings. The summed E-state index contributed by atoms with van der Waals surface area (Å²) < 4.78 is 5.50. The normalized spacial score (nSPS) is 22.8. The molecule has 5 nitrogen and oxygen atoms in total. The molecule has 1 rings (SSSR count). The SMILES string of the molecule is CC(O)CC(C)NCC1CCCCN1C(=O)OC(C)(C)C. The predicted octanol–water partition coefficient (Wildman–Crippen LogP) is 2.53. The predicted molar refractivity (Wildman–Crippen MR) is 84.3 cm³/mol. The highest BCUT2D eigenvalue weighted by Gasteiger charge is 2.30. The topological polar surface area (TPSA) is 61.8 Å². The van der Waals surface area contributed by atoms with E-state index in [1.165, 1.54) is 0 Å². The molecule has 2 N–H and O–H groups in total. The molecule has 1 fully saturated rings. The molecule has 1 heterocycles. The van der Waals surface area contributed by atoms with Gasteiger partial charge in [-0.25, -0.2) is 4.79 Å². The van der Waals surface area contributed by atoms with Crippen LogP contribution in [0.1, 0.15) is 60.3 Å². The van der Waals surface area contributed by atoms with Crippen LogP contribution in [0.25, 0.3) is 0 Å². The fourth-order valence-electron chi connectivity index (χ4n) is 2.71. The summed E-state index contributed by atoms with van der Waals surface area (Å²) in [6.07, 6.45) is 3.40. The summed E-state index contributed by atoms with van der Waals surface area (Å²) >= 11 is 0. The van der Waals surface area contributed by atoms with Crippen LogP contribution in [-0.4, -0.2) is 53.0 Å². The summed E-state index contributed by atoms with van der Waals surface area (Å²) in [5, 5.41) is 12.8. The van der Waals surface area contributed by atoms with Crippen molar-refractivity contribution in [3.63, 3.8) is 0 Å². The lowest BCUT2D eigenvalue weighted by Crippen LogP contribution is -2.51. The van der Waals surface area contributed by atoms with Gasteiger partial charge in [0.25, 0.3) is 0 Å². The van der Waals surface area contributed by atoms with Gasteiger partial charge in [0.1, 0.15) is 5.60 Å². The molecule has 0 spiro atoms. The number of aliphatic hydroxyl groups excluding tert-OH is 1. The number of rotatable bonds is 5. The van der Waals surface area contributed by atoms with E-state index in [-0.39, 0.29) is 24.3 Å². The largest absolute Gasteiger partial charge is 0.444 e. The monoisotopic (exact) mass is 300 g/mol. The van der Waals surface area contributed by atoms with Gasteiger partial charge in [0, 0.05) is 25.2 Å². The Morgan fingerprint density at radius 3 is 2.62 bits per heavy atom. The van der Waals surface area contributed by atoms with Gasteiger partial charge in [-0.15, -0.1) is 0 Å². The van der Waals surface area contributed by atoms with Gasteiger partial charge in [0.2, 0.25) is 0 Å². The Hall–Kier alpha value is -0.810. The molecule has 0 aromatic heterocycles. The molecule has 1 amide bonds. The first kappa shape index (κ1) is 18.2. The lowest BCUT2D eigenvalue weighted by atomic mass is 10.0. The average Bonchev–Trinajstić information content (AvgIpc) is 2.33. The van der Waals surface area contributed by atoms with Gasteiger partial charge in [-0.2, -0.15) is 0 Å². The van der Waals surface area contributed by atoms with E-state index in [1.807, 2.05) is 25.7 Å². The van der Waals surface area contributed by atoms with Crippen molar-refractivity contribution in [3.05, 3.63) is 0 Å². The maximum absolute atomic E-state index is 12.3. The first-order chi connectivity index (χ1) is 9.69. The third-order valence-corrected chi connectivity index (χ3v) is 3.65. The summed E-state index contributed by atoms with van der Waals surface area (Å²) in [5.41, 5.74) is -0.452. The van der Waals surface area contributed by atoms with Crippen LogP contribution >= 0.6 is 0 Å². The Morgan fingerprint density at radius 2 is 2.05 bits per heavy atom. The summed E-state index contributed by atoms with van der Waals surface area (Å²) in [7, 11) is 0. The highest BCUT2D eigenvalue weighted by Crippen LogP contribution is 2.20. The van der Waals surface area contributed by atoms with Gasteiger partial charge in [-0.05, 0) is 60.3 Å². The number of piperidine rings is 1. The quantitative estimate of drug-likeness (QED) is 0.819. The zero-order chi connectivity index (χ0) is 16.0. The molecule has 124 valence electrons. The summed E-state index contributed by atoms with van der Waals surface area (Å²) in [6.45, 7) is 11.1. The first-order valence-corrected chi connectivity index (χ1v) is 8.10. The van der Waals surface area contributed by atoms with Crippen LogP contribution in [0, 0.1) is 0 Å². The number of carbonyl (C=O) groups excluding carboxylic acids is 1. The van der Waals surface area contributed by atoms with Gasteiger partial charge < -0.3 is 20.1 Å². The van der Waals surface area contributed by atoms with Gasteiger partial charge in [0.05, 0.1) is 6.10 Å². The van der Waals surface area contributed by atoms with Gasteiger partial charge >= 0.3 is 6.09 Å². The summed E-state index contributed by atoms with van der Waals surface area (Å²) in [4.78, 5) is 14.1.